The van der Waals surface area contributed by atoms with Crippen LogP contribution in [0.1, 0.15) is 5.56 Å². The van der Waals surface area contributed by atoms with E-state index in [0.29, 0.717) is 5.56 Å². The van der Waals surface area contributed by atoms with Crippen molar-refractivity contribution < 1.29 is 17.0 Å². The lowest BCUT2D eigenvalue weighted by molar-refractivity contribution is 0.429. The predicted molar refractivity (Wildman–Crippen MR) is 46.2 cm³/mol. The van der Waals surface area contributed by atoms with Crippen LogP contribution in [0.3, 0.4) is 0 Å². The first-order chi connectivity index (χ1) is 6.09. The highest BCUT2D eigenvalue weighted by atomic mass is 35.5. The Labute approximate surface area is 81.2 Å². The van der Waals surface area contributed by atoms with E-state index in [-0.39, 0.29) is 5.02 Å². The highest BCUT2D eigenvalue weighted by molar-refractivity contribution is 7.67. The van der Waals surface area contributed by atoms with Crippen LogP contribution in [-0.4, -0.2) is 8.42 Å². The molecule has 0 atom stereocenters. The molecular formula is C7H5ClFO3S. The molecule has 0 bridgehead atoms. The molecule has 13 heavy (non-hydrogen) atoms. The molecule has 1 radical (unpaired) electrons. The van der Waals surface area contributed by atoms with Gasteiger partial charge in [-0.3, -0.25) is 4.18 Å². The van der Waals surface area contributed by atoms with Crippen LogP contribution in [0.4, 0.5) is 4.39 Å². The van der Waals surface area contributed by atoms with Gasteiger partial charge in [-0.05, 0) is 17.7 Å². The second-order valence-corrected chi connectivity index (χ2v) is 3.19. The van der Waals surface area contributed by atoms with Crippen molar-refractivity contribution in [3.05, 3.63) is 41.2 Å². The third kappa shape index (κ3) is 3.30. The van der Waals surface area contributed by atoms with Gasteiger partial charge in [-0.1, -0.05) is 17.7 Å². The Morgan fingerprint density at radius 1 is 1.46 bits per heavy atom. The van der Waals surface area contributed by atoms with Crippen LogP contribution in [0.25, 0.3) is 0 Å². The van der Waals surface area contributed by atoms with Crippen LogP contribution in [0.5, 0.6) is 0 Å². The van der Waals surface area contributed by atoms with Crippen molar-refractivity contribution in [1.82, 2.24) is 0 Å². The summed E-state index contributed by atoms with van der Waals surface area (Å²) in [5.41, 5.74) is 0.380. The zero-order valence-corrected chi connectivity index (χ0v) is 7.89. The van der Waals surface area contributed by atoms with E-state index in [9.17, 15) is 12.8 Å². The van der Waals surface area contributed by atoms with Gasteiger partial charge in [0, 0.05) is 0 Å². The van der Waals surface area contributed by atoms with Crippen LogP contribution in [0, 0.1) is 12.4 Å². The average molecular weight is 224 g/mol. The summed E-state index contributed by atoms with van der Waals surface area (Å²) in [5, 5.41) is -0.0847. The van der Waals surface area contributed by atoms with Gasteiger partial charge in [-0.15, -0.1) is 0 Å². The minimum atomic E-state index is -2.93. The Hall–Kier alpha value is -0.650. The zero-order chi connectivity index (χ0) is 9.84. The molecular weight excluding hydrogens is 219 g/mol. The molecule has 1 rings (SSSR count). The molecule has 0 fully saturated rings. The summed E-state index contributed by atoms with van der Waals surface area (Å²) in [6.07, 6.45) is 0. The van der Waals surface area contributed by atoms with Crippen molar-refractivity contribution in [1.29, 1.82) is 0 Å². The molecule has 0 aliphatic carbocycles. The molecule has 3 nitrogen and oxygen atoms in total. The topological polar surface area (TPSA) is 43.4 Å². The summed E-state index contributed by atoms with van der Waals surface area (Å²) in [7, 11) is -2.93. The van der Waals surface area contributed by atoms with Crippen LogP contribution in [0.15, 0.2) is 18.2 Å². The number of halogens is 2. The summed E-state index contributed by atoms with van der Waals surface area (Å²) >= 11 is 5.43. The molecule has 0 heterocycles. The number of benzene rings is 1. The molecule has 0 aliphatic heterocycles. The second-order valence-electron chi connectivity index (χ2n) is 2.12. The fourth-order valence-electron chi connectivity index (χ4n) is 0.690. The Balaban J connectivity index is 2.74. The molecule has 0 spiro atoms. The fourth-order valence-corrected chi connectivity index (χ4v) is 1.09. The lowest BCUT2D eigenvalue weighted by Crippen LogP contribution is -1.88. The smallest absolute Gasteiger partial charge is 0.257 e. The molecule has 0 saturated heterocycles. The molecule has 0 N–H and O–H groups in total. The van der Waals surface area contributed by atoms with Crippen molar-refractivity contribution in [2.24, 2.45) is 0 Å². The SMILES string of the molecule is O=[SH](=O)O[CH]c1ccc(F)c(Cl)c1. The summed E-state index contributed by atoms with van der Waals surface area (Å²) in [6, 6.07) is 3.73. The van der Waals surface area contributed by atoms with E-state index in [1.165, 1.54) is 12.1 Å². The fraction of sp³-hybridized carbons (Fsp3) is 0. The Morgan fingerprint density at radius 3 is 2.69 bits per heavy atom. The average Bonchev–Trinajstić information content (AvgIpc) is 2.07. The molecule has 0 aromatic heterocycles. The van der Waals surface area contributed by atoms with Crippen molar-refractivity contribution in [2.75, 3.05) is 0 Å². The molecule has 1 aromatic carbocycles. The van der Waals surface area contributed by atoms with E-state index < -0.39 is 16.8 Å². The summed E-state index contributed by atoms with van der Waals surface area (Å²) in [6.45, 7) is 0.969. The van der Waals surface area contributed by atoms with Gasteiger partial charge in [0.15, 0.2) is 0 Å². The van der Waals surface area contributed by atoms with Gasteiger partial charge in [-0.25, -0.2) is 12.8 Å². The molecule has 1 aromatic rings. The maximum absolute atomic E-state index is 12.6. The van der Waals surface area contributed by atoms with E-state index in [4.69, 9.17) is 11.6 Å². The Bertz CT molecular complexity index is 370. The van der Waals surface area contributed by atoms with E-state index in [2.05, 4.69) is 4.18 Å². The minimum Gasteiger partial charge on any atom is -0.261 e. The van der Waals surface area contributed by atoms with Crippen LogP contribution >= 0.6 is 11.6 Å². The molecule has 0 amide bonds. The first kappa shape index (κ1) is 10.4. The second kappa shape index (κ2) is 4.55. The maximum Gasteiger partial charge on any atom is 0.257 e. The van der Waals surface area contributed by atoms with Crippen molar-refractivity contribution in [2.45, 2.75) is 0 Å². The van der Waals surface area contributed by atoms with Gasteiger partial charge in [-0.2, -0.15) is 0 Å². The third-order valence-corrected chi connectivity index (χ3v) is 1.79. The van der Waals surface area contributed by atoms with Crippen molar-refractivity contribution in [3.8, 4) is 0 Å². The number of hydrogen-bond acceptors (Lipinski definition) is 3. The third-order valence-electron chi connectivity index (χ3n) is 1.22. The molecule has 0 saturated carbocycles. The van der Waals surface area contributed by atoms with Gasteiger partial charge in [0.05, 0.1) is 5.02 Å². The normalized spacial score (nSPS) is 10.7. The first-order valence-corrected chi connectivity index (χ1v) is 4.66. The van der Waals surface area contributed by atoms with E-state index in [1.807, 2.05) is 0 Å². The quantitative estimate of drug-likeness (QED) is 0.791. The summed E-state index contributed by atoms with van der Waals surface area (Å²) in [5.74, 6) is -0.565. The highest BCUT2D eigenvalue weighted by Gasteiger charge is 2.01. The van der Waals surface area contributed by atoms with Crippen LogP contribution in [0.2, 0.25) is 5.02 Å². The lowest BCUT2D eigenvalue weighted by atomic mass is 10.2. The van der Waals surface area contributed by atoms with Gasteiger partial charge < -0.3 is 0 Å². The van der Waals surface area contributed by atoms with E-state index in [1.54, 1.807) is 0 Å². The van der Waals surface area contributed by atoms with Gasteiger partial charge >= 0.3 is 0 Å². The van der Waals surface area contributed by atoms with Crippen molar-refractivity contribution >= 4 is 22.6 Å². The number of rotatable bonds is 3. The van der Waals surface area contributed by atoms with Gasteiger partial charge in [0.2, 0.25) is 0 Å². The Kier molecular flexibility index (Phi) is 3.65. The molecule has 71 valence electrons. The number of thiol groups is 1. The molecule has 0 aliphatic rings. The zero-order valence-electron chi connectivity index (χ0n) is 6.24. The first-order valence-electron chi connectivity index (χ1n) is 3.19. The van der Waals surface area contributed by atoms with Gasteiger partial charge in [0.1, 0.15) is 12.4 Å². The lowest BCUT2D eigenvalue weighted by Gasteiger charge is -1.98. The van der Waals surface area contributed by atoms with E-state index in [0.717, 1.165) is 12.7 Å². The van der Waals surface area contributed by atoms with Crippen LogP contribution in [-0.2, 0) is 15.2 Å². The predicted octanol–water partition coefficient (Wildman–Crippen LogP) is 1.53. The largest absolute Gasteiger partial charge is 0.261 e. The van der Waals surface area contributed by atoms with Crippen molar-refractivity contribution in [3.63, 3.8) is 0 Å². The van der Waals surface area contributed by atoms with Gasteiger partial charge in [0.25, 0.3) is 11.0 Å². The monoisotopic (exact) mass is 223 g/mol. The van der Waals surface area contributed by atoms with E-state index >= 15 is 0 Å². The molecule has 6 heteroatoms. The van der Waals surface area contributed by atoms with Crippen LogP contribution < -0.4 is 0 Å². The Morgan fingerprint density at radius 2 is 2.15 bits per heavy atom. The number of hydrogen-bond donors (Lipinski definition) is 1. The summed E-state index contributed by atoms with van der Waals surface area (Å²) < 4.78 is 36.8. The maximum atomic E-state index is 12.6. The molecule has 0 unspecified atom stereocenters. The standard InChI is InChI=1S/C7H5ClFO3S/c8-6-3-5(1-2-7(6)9)4-12-13(10)11/h1-4,13H. The highest BCUT2D eigenvalue weighted by Crippen LogP contribution is 2.17. The summed E-state index contributed by atoms with van der Waals surface area (Å²) in [4.78, 5) is 0. The minimum absolute atomic E-state index is 0.0847.